The van der Waals surface area contributed by atoms with Crippen LogP contribution >= 0.6 is 11.3 Å². The highest BCUT2D eigenvalue weighted by Gasteiger charge is 2.28. The fraction of sp³-hybridized carbons (Fsp3) is 0.385. The molecule has 1 aromatic heterocycles. The Morgan fingerprint density at radius 1 is 1.48 bits per heavy atom. The highest BCUT2D eigenvalue weighted by atomic mass is 32.1. The molecule has 0 bridgehead atoms. The average Bonchev–Trinajstić information content (AvgIpc) is 2.81. The van der Waals surface area contributed by atoms with E-state index in [1.165, 1.54) is 0 Å². The number of ether oxygens (including phenoxy) is 1. The molecule has 0 radical (unpaired) electrons. The van der Waals surface area contributed by atoms with Gasteiger partial charge in [-0.2, -0.15) is 0 Å². The number of nitrogens with one attached hydrogen (secondary N) is 2. The van der Waals surface area contributed by atoms with Crippen molar-refractivity contribution in [1.29, 1.82) is 0 Å². The molecule has 1 saturated heterocycles. The number of hydrogen-bond donors (Lipinski definition) is 2. The number of carbonyl (C=O) groups is 1. The molecule has 1 aliphatic rings. The number of hydrogen-bond acceptors (Lipinski definition) is 5. The molecule has 0 aliphatic carbocycles. The van der Waals surface area contributed by atoms with Crippen LogP contribution < -0.4 is 10.6 Å². The van der Waals surface area contributed by atoms with Crippen LogP contribution in [0.1, 0.15) is 6.92 Å². The smallest absolute Gasteiger partial charge is 0.245 e. The minimum Gasteiger partial charge on any atom is -0.375 e. The SMILES string of the molecule is C[C@H]1OCCN[C@@H]1C(=O)Nc1nc2cc(F)c(F)cc2s1. The first-order valence-electron chi connectivity index (χ1n) is 6.46. The van der Waals surface area contributed by atoms with Gasteiger partial charge in [0.2, 0.25) is 5.91 Å². The zero-order valence-electron chi connectivity index (χ0n) is 11.2. The van der Waals surface area contributed by atoms with E-state index in [1.807, 2.05) is 0 Å². The molecule has 2 aromatic rings. The van der Waals surface area contributed by atoms with Gasteiger partial charge in [0, 0.05) is 12.6 Å². The molecule has 2 atom stereocenters. The van der Waals surface area contributed by atoms with Gasteiger partial charge in [0.25, 0.3) is 0 Å². The van der Waals surface area contributed by atoms with Crippen molar-refractivity contribution in [1.82, 2.24) is 10.3 Å². The second kappa shape index (κ2) is 5.63. The molecule has 2 heterocycles. The number of anilines is 1. The first-order chi connectivity index (χ1) is 10.0. The molecule has 0 spiro atoms. The van der Waals surface area contributed by atoms with Gasteiger partial charge in [-0.05, 0) is 13.0 Å². The number of carbonyl (C=O) groups excluding carboxylic acids is 1. The van der Waals surface area contributed by atoms with Gasteiger partial charge in [0.05, 0.1) is 22.9 Å². The van der Waals surface area contributed by atoms with Crippen molar-refractivity contribution in [2.24, 2.45) is 0 Å². The number of benzene rings is 1. The van der Waals surface area contributed by atoms with Crippen LogP contribution in [0.2, 0.25) is 0 Å². The molecule has 0 saturated carbocycles. The van der Waals surface area contributed by atoms with Crippen molar-refractivity contribution in [2.45, 2.75) is 19.1 Å². The second-order valence-electron chi connectivity index (χ2n) is 4.75. The summed E-state index contributed by atoms with van der Waals surface area (Å²) in [7, 11) is 0. The van der Waals surface area contributed by atoms with E-state index < -0.39 is 17.7 Å². The second-order valence-corrected chi connectivity index (χ2v) is 5.78. The summed E-state index contributed by atoms with van der Waals surface area (Å²) >= 11 is 1.10. The van der Waals surface area contributed by atoms with Crippen molar-refractivity contribution in [3.8, 4) is 0 Å². The summed E-state index contributed by atoms with van der Waals surface area (Å²) < 4.78 is 32.2. The third-order valence-electron chi connectivity index (χ3n) is 3.26. The van der Waals surface area contributed by atoms with E-state index in [0.29, 0.717) is 28.5 Å². The van der Waals surface area contributed by atoms with Crippen LogP contribution in [0.15, 0.2) is 12.1 Å². The third kappa shape index (κ3) is 2.87. The van der Waals surface area contributed by atoms with Gasteiger partial charge >= 0.3 is 0 Å². The Morgan fingerprint density at radius 2 is 2.24 bits per heavy atom. The standard InChI is InChI=1S/C13H13F2N3O2S/c1-6-11(16-2-3-20-6)12(19)18-13-17-9-4-7(14)8(15)5-10(9)21-13/h4-6,11,16H,2-3H2,1H3,(H,17,18,19)/t6-,11+/m1/s1. The Balaban J connectivity index is 1.79. The number of nitrogens with zero attached hydrogens (tertiary/aromatic N) is 1. The molecule has 1 fully saturated rings. The van der Waals surface area contributed by atoms with Crippen molar-refractivity contribution in [3.63, 3.8) is 0 Å². The van der Waals surface area contributed by atoms with Gasteiger partial charge in [-0.1, -0.05) is 11.3 Å². The van der Waals surface area contributed by atoms with Gasteiger partial charge < -0.3 is 15.4 Å². The molecule has 2 N–H and O–H groups in total. The molecule has 112 valence electrons. The first-order valence-corrected chi connectivity index (χ1v) is 7.27. The number of aromatic nitrogens is 1. The Kier molecular flexibility index (Phi) is 3.83. The van der Waals surface area contributed by atoms with E-state index in [0.717, 1.165) is 23.5 Å². The van der Waals surface area contributed by atoms with E-state index in [4.69, 9.17) is 4.74 Å². The summed E-state index contributed by atoms with van der Waals surface area (Å²) in [6.45, 7) is 2.96. The summed E-state index contributed by atoms with van der Waals surface area (Å²) in [5.41, 5.74) is 0.315. The van der Waals surface area contributed by atoms with Gasteiger partial charge in [-0.25, -0.2) is 13.8 Å². The minimum atomic E-state index is -0.957. The summed E-state index contributed by atoms with van der Waals surface area (Å²) in [6, 6.07) is 1.61. The van der Waals surface area contributed by atoms with E-state index in [-0.39, 0.29) is 12.0 Å². The van der Waals surface area contributed by atoms with Crippen LogP contribution in [0.25, 0.3) is 10.2 Å². The topological polar surface area (TPSA) is 63.2 Å². The molecule has 1 amide bonds. The minimum absolute atomic E-state index is 0.247. The lowest BCUT2D eigenvalue weighted by Crippen LogP contribution is -2.53. The average molecular weight is 313 g/mol. The fourth-order valence-corrected chi connectivity index (χ4v) is 3.06. The van der Waals surface area contributed by atoms with Gasteiger partial charge in [0.1, 0.15) is 6.04 Å². The van der Waals surface area contributed by atoms with Gasteiger partial charge in [0.15, 0.2) is 16.8 Å². The molecule has 8 heteroatoms. The molecule has 21 heavy (non-hydrogen) atoms. The first kappa shape index (κ1) is 14.3. The highest BCUT2D eigenvalue weighted by molar-refractivity contribution is 7.22. The highest BCUT2D eigenvalue weighted by Crippen LogP contribution is 2.28. The lowest BCUT2D eigenvalue weighted by atomic mass is 10.1. The van der Waals surface area contributed by atoms with E-state index in [9.17, 15) is 13.6 Å². The van der Waals surface area contributed by atoms with Crippen LogP contribution in [0.5, 0.6) is 0 Å². The fourth-order valence-electron chi connectivity index (χ4n) is 2.19. The Labute approximate surface area is 123 Å². The number of rotatable bonds is 2. The van der Waals surface area contributed by atoms with Crippen LogP contribution in [-0.2, 0) is 9.53 Å². The predicted octanol–water partition coefficient (Wildman–Crippen LogP) is 1.89. The summed E-state index contributed by atoms with van der Waals surface area (Å²) in [6.07, 6.45) is -0.247. The van der Waals surface area contributed by atoms with Crippen molar-refractivity contribution < 1.29 is 18.3 Å². The van der Waals surface area contributed by atoms with Gasteiger partial charge in [-0.3, -0.25) is 4.79 Å². The molecule has 1 aromatic carbocycles. The van der Waals surface area contributed by atoms with Crippen LogP contribution in [0.4, 0.5) is 13.9 Å². The maximum Gasteiger partial charge on any atom is 0.245 e. The number of thiazole rings is 1. The normalized spacial score (nSPS) is 22.4. The van der Waals surface area contributed by atoms with E-state index in [1.54, 1.807) is 6.92 Å². The third-order valence-corrected chi connectivity index (χ3v) is 4.19. The molecule has 5 nitrogen and oxygen atoms in total. The number of amides is 1. The van der Waals surface area contributed by atoms with Crippen LogP contribution in [0.3, 0.4) is 0 Å². The van der Waals surface area contributed by atoms with Gasteiger partial charge in [-0.15, -0.1) is 0 Å². The summed E-state index contributed by atoms with van der Waals surface area (Å²) in [5.74, 6) is -2.16. The molecule has 3 rings (SSSR count). The van der Waals surface area contributed by atoms with E-state index >= 15 is 0 Å². The largest absolute Gasteiger partial charge is 0.375 e. The maximum atomic E-state index is 13.2. The molecular formula is C13H13F2N3O2S. The maximum absolute atomic E-state index is 13.2. The number of halogens is 2. The number of fused-ring (bicyclic) bond motifs is 1. The van der Waals surface area contributed by atoms with Crippen molar-refractivity contribution in [3.05, 3.63) is 23.8 Å². The lowest BCUT2D eigenvalue weighted by molar-refractivity contribution is -0.123. The zero-order chi connectivity index (χ0) is 15.0. The van der Waals surface area contributed by atoms with Crippen molar-refractivity contribution >= 4 is 32.6 Å². The van der Waals surface area contributed by atoms with Crippen LogP contribution in [0, 0.1) is 11.6 Å². The van der Waals surface area contributed by atoms with E-state index in [2.05, 4.69) is 15.6 Å². The zero-order valence-corrected chi connectivity index (χ0v) is 12.0. The summed E-state index contributed by atoms with van der Waals surface area (Å²) in [4.78, 5) is 16.2. The summed E-state index contributed by atoms with van der Waals surface area (Å²) in [5, 5.41) is 6.02. The monoisotopic (exact) mass is 313 g/mol. The predicted molar refractivity (Wildman–Crippen MR) is 75.4 cm³/mol. The van der Waals surface area contributed by atoms with Crippen molar-refractivity contribution in [2.75, 3.05) is 18.5 Å². The molecular weight excluding hydrogens is 300 g/mol. The molecule has 0 unspecified atom stereocenters. The quantitative estimate of drug-likeness (QED) is 0.889. The Morgan fingerprint density at radius 3 is 3.00 bits per heavy atom. The molecule has 1 aliphatic heterocycles. The van der Waals surface area contributed by atoms with Crippen LogP contribution in [-0.4, -0.2) is 36.2 Å². The Hall–Kier alpha value is -1.64. The lowest BCUT2D eigenvalue weighted by Gasteiger charge is -2.28. The number of morpholine rings is 1. The Bertz CT molecular complexity index is 652.